The van der Waals surface area contributed by atoms with Crippen LogP contribution in [0.4, 0.5) is 5.69 Å². The van der Waals surface area contributed by atoms with Gasteiger partial charge in [-0.3, -0.25) is 14.9 Å². The Morgan fingerprint density at radius 3 is 2.50 bits per heavy atom. The molecular formula is C17H19ClN4O3S. The number of nitrogens with zero attached hydrogens (tertiary/aromatic N) is 2. The highest BCUT2D eigenvalue weighted by Crippen LogP contribution is 2.28. The molecule has 2 aromatic rings. The Bertz CT molecular complexity index is 799. The highest BCUT2D eigenvalue weighted by molar-refractivity contribution is 7.13. The third kappa shape index (κ3) is 3.87. The number of halogens is 1. The maximum atomic E-state index is 12.5. The fourth-order valence-electron chi connectivity index (χ4n) is 3.67. The van der Waals surface area contributed by atoms with E-state index in [4.69, 9.17) is 0 Å². The van der Waals surface area contributed by atoms with Crippen molar-refractivity contribution in [1.29, 1.82) is 0 Å². The van der Waals surface area contributed by atoms with Crippen molar-refractivity contribution in [3.05, 3.63) is 45.5 Å². The molecule has 9 heteroatoms. The molecule has 2 fully saturated rings. The van der Waals surface area contributed by atoms with Crippen LogP contribution in [0.3, 0.4) is 0 Å². The van der Waals surface area contributed by atoms with Gasteiger partial charge in [0.1, 0.15) is 10.7 Å². The second-order valence-corrected chi connectivity index (χ2v) is 7.48. The lowest BCUT2D eigenvalue weighted by Gasteiger charge is -2.29. The number of benzene rings is 1. The van der Waals surface area contributed by atoms with Crippen LogP contribution in [0.1, 0.15) is 36.2 Å². The summed E-state index contributed by atoms with van der Waals surface area (Å²) in [5.74, 6) is -0.143. The van der Waals surface area contributed by atoms with E-state index in [1.807, 2.05) is 0 Å². The Hall–Kier alpha value is -2.03. The van der Waals surface area contributed by atoms with Crippen molar-refractivity contribution in [2.24, 2.45) is 0 Å². The van der Waals surface area contributed by atoms with Gasteiger partial charge in [0.25, 0.3) is 11.6 Å². The van der Waals surface area contributed by atoms with E-state index in [1.54, 1.807) is 17.5 Å². The van der Waals surface area contributed by atoms with Gasteiger partial charge in [0.2, 0.25) is 0 Å². The molecule has 2 atom stereocenters. The average Bonchev–Trinajstić information content (AvgIpc) is 3.22. The maximum absolute atomic E-state index is 12.5. The van der Waals surface area contributed by atoms with E-state index in [0.717, 1.165) is 18.4 Å². The molecule has 0 radical (unpaired) electrons. The number of amides is 1. The number of nitro benzene ring substituents is 1. The molecule has 3 heterocycles. The van der Waals surface area contributed by atoms with Crippen molar-refractivity contribution >= 4 is 35.3 Å². The average molecular weight is 395 g/mol. The van der Waals surface area contributed by atoms with Crippen LogP contribution in [-0.4, -0.2) is 33.9 Å². The summed E-state index contributed by atoms with van der Waals surface area (Å²) in [6.07, 6.45) is 4.33. The van der Waals surface area contributed by atoms with E-state index in [1.165, 1.54) is 36.3 Å². The summed E-state index contributed by atoms with van der Waals surface area (Å²) in [4.78, 5) is 27.1. The van der Waals surface area contributed by atoms with Gasteiger partial charge in [-0.05, 0) is 37.8 Å². The fraction of sp³-hybridized carbons (Fsp3) is 0.412. The summed E-state index contributed by atoms with van der Waals surface area (Å²) in [5, 5.41) is 19.8. The summed E-state index contributed by atoms with van der Waals surface area (Å²) in [7, 11) is 0. The van der Waals surface area contributed by atoms with Crippen molar-refractivity contribution in [3.8, 4) is 10.6 Å². The number of hydrogen-bond acceptors (Lipinski definition) is 6. The van der Waals surface area contributed by atoms with Gasteiger partial charge in [-0.2, -0.15) is 0 Å². The zero-order valence-electron chi connectivity index (χ0n) is 13.9. The van der Waals surface area contributed by atoms with Crippen molar-refractivity contribution in [2.45, 2.75) is 43.8 Å². The largest absolute Gasteiger partial charge is 0.348 e. The molecule has 138 valence electrons. The van der Waals surface area contributed by atoms with Crippen LogP contribution in [0.2, 0.25) is 0 Å². The maximum Gasteiger partial charge on any atom is 0.270 e. The highest BCUT2D eigenvalue weighted by atomic mass is 35.5. The van der Waals surface area contributed by atoms with Crippen LogP contribution in [0.25, 0.3) is 10.6 Å². The van der Waals surface area contributed by atoms with Gasteiger partial charge in [0.15, 0.2) is 0 Å². The molecule has 2 saturated heterocycles. The van der Waals surface area contributed by atoms with Crippen LogP contribution in [0, 0.1) is 10.1 Å². The highest BCUT2D eigenvalue weighted by Gasteiger charge is 2.34. The third-order valence-corrected chi connectivity index (χ3v) is 5.76. The number of thiazole rings is 1. The van der Waals surface area contributed by atoms with Gasteiger partial charge in [-0.15, -0.1) is 23.7 Å². The zero-order chi connectivity index (χ0) is 17.4. The Morgan fingerprint density at radius 1 is 1.23 bits per heavy atom. The predicted molar refractivity (Wildman–Crippen MR) is 102 cm³/mol. The number of aromatic nitrogens is 1. The lowest BCUT2D eigenvalue weighted by molar-refractivity contribution is -0.384. The van der Waals surface area contributed by atoms with Crippen molar-refractivity contribution in [3.63, 3.8) is 0 Å². The monoisotopic (exact) mass is 394 g/mol. The Labute approximate surface area is 160 Å². The number of piperidine rings is 1. The van der Waals surface area contributed by atoms with Gasteiger partial charge in [-0.25, -0.2) is 4.98 Å². The first-order chi connectivity index (χ1) is 12.1. The van der Waals surface area contributed by atoms with Crippen molar-refractivity contribution in [2.75, 3.05) is 0 Å². The molecule has 2 unspecified atom stereocenters. The summed E-state index contributed by atoms with van der Waals surface area (Å²) in [6, 6.07) is 7.45. The molecule has 7 nitrogen and oxygen atoms in total. The number of carbonyl (C=O) groups is 1. The summed E-state index contributed by atoms with van der Waals surface area (Å²) >= 11 is 1.37. The van der Waals surface area contributed by atoms with Crippen molar-refractivity contribution in [1.82, 2.24) is 15.6 Å². The van der Waals surface area contributed by atoms with Gasteiger partial charge in [-0.1, -0.05) is 0 Å². The minimum absolute atomic E-state index is 0. The van der Waals surface area contributed by atoms with E-state index in [-0.39, 0.29) is 30.0 Å². The number of rotatable bonds is 4. The zero-order valence-corrected chi connectivity index (χ0v) is 15.5. The topological polar surface area (TPSA) is 97.2 Å². The second kappa shape index (κ2) is 7.69. The van der Waals surface area contributed by atoms with Gasteiger partial charge in [0.05, 0.1) is 4.92 Å². The molecule has 0 aliphatic carbocycles. The molecule has 2 bridgehead atoms. The summed E-state index contributed by atoms with van der Waals surface area (Å²) in [6.45, 7) is 0. The van der Waals surface area contributed by atoms with E-state index in [0.29, 0.717) is 22.8 Å². The number of carbonyl (C=O) groups excluding carboxylic acids is 1. The molecule has 2 aliphatic rings. The Morgan fingerprint density at radius 2 is 1.88 bits per heavy atom. The number of hydrogen-bond donors (Lipinski definition) is 2. The van der Waals surface area contributed by atoms with Gasteiger partial charge in [0, 0.05) is 41.2 Å². The minimum atomic E-state index is -0.434. The third-order valence-electron chi connectivity index (χ3n) is 4.87. The Kier molecular flexibility index (Phi) is 5.55. The molecule has 0 saturated carbocycles. The van der Waals surface area contributed by atoms with Crippen molar-refractivity contribution < 1.29 is 9.72 Å². The van der Waals surface area contributed by atoms with E-state index >= 15 is 0 Å². The fourth-order valence-corrected chi connectivity index (χ4v) is 4.48. The smallest absolute Gasteiger partial charge is 0.270 e. The number of fused-ring (bicyclic) bond motifs is 2. The molecule has 0 spiro atoms. The predicted octanol–water partition coefficient (Wildman–Crippen LogP) is 3.15. The second-order valence-electron chi connectivity index (χ2n) is 6.62. The van der Waals surface area contributed by atoms with E-state index < -0.39 is 4.92 Å². The SMILES string of the molecule is Cl.O=C(NC1CC2CCC(C1)N2)c1csc(-c2ccc([N+](=O)[O-])cc2)n1. The number of non-ortho nitro benzene ring substituents is 1. The molecule has 4 rings (SSSR count). The molecule has 1 aromatic carbocycles. The van der Waals surface area contributed by atoms with Gasteiger partial charge < -0.3 is 10.6 Å². The van der Waals surface area contributed by atoms with E-state index in [2.05, 4.69) is 15.6 Å². The van der Waals surface area contributed by atoms with Gasteiger partial charge >= 0.3 is 0 Å². The Balaban J connectivity index is 0.00000196. The molecular weight excluding hydrogens is 376 g/mol. The first kappa shape index (κ1) is 18.8. The molecule has 1 amide bonds. The lowest BCUT2D eigenvalue weighted by atomic mass is 10.00. The normalized spacial score (nSPS) is 23.9. The minimum Gasteiger partial charge on any atom is -0.348 e. The van der Waals surface area contributed by atoms with Crippen LogP contribution in [0.5, 0.6) is 0 Å². The molecule has 26 heavy (non-hydrogen) atoms. The molecule has 2 N–H and O–H groups in total. The van der Waals surface area contributed by atoms with Crippen LogP contribution in [0.15, 0.2) is 29.6 Å². The van der Waals surface area contributed by atoms with Crippen LogP contribution in [-0.2, 0) is 0 Å². The van der Waals surface area contributed by atoms with Crippen LogP contribution < -0.4 is 10.6 Å². The van der Waals surface area contributed by atoms with E-state index in [9.17, 15) is 14.9 Å². The standard InChI is InChI=1S/C17H18N4O3S.ClH/c22-16(19-13-7-11-3-4-12(8-13)18-11)15-9-25-17(20-15)10-1-5-14(6-2-10)21(23)24;/h1-2,5-6,9,11-13,18H,3-4,7-8H2,(H,19,22);1H. The van der Waals surface area contributed by atoms with Crippen LogP contribution >= 0.6 is 23.7 Å². The first-order valence-electron chi connectivity index (χ1n) is 8.36. The quantitative estimate of drug-likeness (QED) is 0.613. The number of nitro groups is 1. The number of nitrogens with one attached hydrogen (secondary N) is 2. The molecule has 1 aromatic heterocycles. The summed E-state index contributed by atoms with van der Waals surface area (Å²) < 4.78 is 0. The molecule has 2 aliphatic heterocycles. The first-order valence-corrected chi connectivity index (χ1v) is 9.24. The lowest BCUT2D eigenvalue weighted by Crippen LogP contribution is -2.48. The summed E-state index contributed by atoms with van der Waals surface area (Å²) in [5.41, 5.74) is 1.22.